The van der Waals surface area contributed by atoms with Gasteiger partial charge in [-0.3, -0.25) is 0 Å². The molecule has 4 N–H and O–H groups in total. The zero-order valence-electron chi connectivity index (χ0n) is 17.7. The van der Waals surface area contributed by atoms with Crippen LogP contribution in [0.1, 0.15) is 43.5 Å². The van der Waals surface area contributed by atoms with Crippen LogP contribution in [-0.4, -0.2) is 29.7 Å². The lowest BCUT2D eigenvalue weighted by molar-refractivity contribution is 0.0786. The number of nitrogens with one attached hydrogen (secondary N) is 1. The molecule has 0 spiro atoms. The van der Waals surface area contributed by atoms with Crippen molar-refractivity contribution in [1.29, 1.82) is 5.26 Å². The van der Waals surface area contributed by atoms with Gasteiger partial charge in [-0.15, -0.1) is 0 Å². The second-order valence-corrected chi connectivity index (χ2v) is 8.29. The fourth-order valence-electron chi connectivity index (χ4n) is 3.40. The van der Waals surface area contributed by atoms with Gasteiger partial charge in [-0.1, -0.05) is 29.8 Å². The maximum Gasteiger partial charge on any atom is 0.155 e. The Labute approximate surface area is 189 Å². The molecule has 0 saturated carbocycles. The summed E-state index contributed by atoms with van der Waals surface area (Å²) >= 11 is 6.27. The Hall–Kier alpha value is -3.74. The molecule has 0 bridgehead atoms. The number of anilines is 2. The molecule has 0 unspecified atom stereocenters. The van der Waals surface area contributed by atoms with E-state index >= 15 is 0 Å². The number of nitriles is 1. The number of fused-ring (bicyclic) bond motifs is 1. The van der Waals surface area contributed by atoms with Crippen LogP contribution in [-0.2, 0) is 5.60 Å². The monoisotopic (exact) mass is 448 g/mol. The number of aromatic nitrogens is 5. The standard InChI is InChI=1S/C22H21ClN8O/c1-12(29-21-16(9-24)20(25)27-11-28-21)15-8-18-26-10-17(23)31(18)30-19(15)13-5-4-6-14(7-13)22(2,3)32/h4-8,10-12,32H,1-3H3,(H3,25,27,28,29)/t12-/m0/s1. The highest BCUT2D eigenvalue weighted by atomic mass is 35.5. The van der Waals surface area contributed by atoms with Crippen LogP contribution in [0.4, 0.5) is 11.6 Å². The number of aliphatic hydroxyl groups is 1. The van der Waals surface area contributed by atoms with Crippen molar-refractivity contribution < 1.29 is 5.11 Å². The molecule has 3 aromatic heterocycles. The van der Waals surface area contributed by atoms with Crippen molar-refractivity contribution in [1.82, 2.24) is 24.6 Å². The number of benzene rings is 1. The molecular weight excluding hydrogens is 428 g/mol. The Morgan fingerprint density at radius 2 is 2.03 bits per heavy atom. The second kappa shape index (κ2) is 8.07. The van der Waals surface area contributed by atoms with E-state index in [1.165, 1.54) is 12.5 Å². The first-order chi connectivity index (χ1) is 15.2. The first-order valence-electron chi connectivity index (χ1n) is 9.83. The van der Waals surface area contributed by atoms with Crippen molar-refractivity contribution >= 4 is 28.9 Å². The Kier molecular flexibility index (Phi) is 5.42. The van der Waals surface area contributed by atoms with Gasteiger partial charge < -0.3 is 16.2 Å². The second-order valence-electron chi connectivity index (χ2n) is 7.90. The maximum atomic E-state index is 10.5. The van der Waals surface area contributed by atoms with Gasteiger partial charge in [0.15, 0.2) is 10.8 Å². The summed E-state index contributed by atoms with van der Waals surface area (Å²) in [5.74, 6) is 0.425. The van der Waals surface area contributed by atoms with Gasteiger partial charge in [0.25, 0.3) is 0 Å². The zero-order chi connectivity index (χ0) is 23.0. The third kappa shape index (κ3) is 3.93. The van der Waals surface area contributed by atoms with Gasteiger partial charge >= 0.3 is 0 Å². The molecule has 0 fully saturated rings. The van der Waals surface area contributed by atoms with Crippen molar-refractivity contribution in [2.75, 3.05) is 11.1 Å². The lowest BCUT2D eigenvalue weighted by Gasteiger charge is -2.21. The predicted molar refractivity (Wildman–Crippen MR) is 122 cm³/mol. The van der Waals surface area contributed by atoms with Gasteiger partial charge in [-0.2, -0.15) is 10.4 Å². The van der Waals surface area contributed by atoms with E-state index in [-0.39, 0.29) is 17.4 Å². The minimum atomic E-state index is -1.02. The highest BCUT2D eigenvalue weighted by Gasteiger charge is 2.22. The van der Waals surface area contributed by atoms with Crippen molar-refractivity contribution in [2.45, 2.75) is 32.4 Å². The normalized spacial score (nSPS) is 12.5. The number of rotatable bonds is 5. The van der Waals surface area contributed by atoms with Crippen LogP contribution in [0.3, 0.4) is 0 Å². The minimum Gasteiger partial charge on any atom is -0.386 e. The largest absolute Gasteiger partial charge is 0.386 e. The van der Waals surface area contributed by atoms with Crippen LogP contribution in [0, 0.1) is 11.3 Å². The number of nitrogens with zero attached hydrogens (tertiary/aromatic N) is 6. The number of hydrogen-bond acceptors (Lipinski definition) is 8. The molecule has 4 rings (SSSR count). The van der Waals surface area contributed by atoms with E-state index < -0.39 is 5.60 Å². The fourth-order valence-corrected chi connectivity index (χ4v) is 3.58. The Balaban J connectivity index is 1.86. The smallest absolute Gasteiger partial charge is 0.155 e. The van der Waals surface area contributed by atoms with Crippen LogP contribution in [0.25, 0.3) is 16.9 Å². The number of nitrogen functional groups attached to an aromatic ring is 1. The van der Waals surface area contributed by atoms with Gasteiger partial charge in [0.05, 0.1) is 23.5 Å². The molecule has 0 aliphatic carbocycles. The number of halogens is 1. The topological polar surface area (TPSA) is 138 Å². The quantitative estimate of drug-likeness (QED) is 0.420. The first-order valence-corrected chi connectivity index (χ1v) is 10.2. The Morgan fingerprint density at radius 1 is 1.25 bits per heavy atom. The van der Waals surface area contributed by atoms with Crippen LogP contribution in [0.15, 0.2) is 42.9 Å². The SMILES string of the molecule is C[C@H](Nc1ncnc(N)c1C#N)c1cc2ncc(Cl)n2nc1-c1cccc(C(C)(C)O)c1. The number of nitrogens with two attached hydrogens (primary N) is 1. The lowest BCUT2D eigenvalue weighted by Crippen LogP contribution is -2.16. The zero-order valence-corrected chi connectivity index (χ0v) is 18.5. The molecule has 1 aromatic carbocycles. The first kappa shape index (κ1) is 21.5. The van der Waals surface area contributed by atoms with E-state index in [4.69, 9.17) is 22.4 Å². The van der Waals surface area contributed by atoms with E-state index in [9.17, 15) is 10.4 Å². The predicted octanol–water partition coefficient (Wildman–Crippen LogP) is 3.69. The molecule has 0 aliphatic heterocycles. The lowest BCUT2D eigenvalue weighted by atomic mass is 9.94. The molecule has 0 saturated heterocycles. The number of hydrogen-bond donors (Lipinski definition) is 3. The molecule has 9 nitrogen and oxygen atoms in total. The van der Waals surface area contributed by atoms with Crippen molar-refractivity contribution in [3.8, 4) is 17.3 Å². The van der Waals surface area contributed by atoms with Crippen LogP contribution in [0.5, 0.6) is 0 Å². The van der Waals surface area contributed by atoms with Crippen LogP contribution < -0.4 is 11.1 Å². The van der Waals surface area contributed by atoms with E-state index in [1.807, 2.05) is 43.3 Å². The maximum absolute atomic E-state index is 10.5. The Bertz CT molecular complexity index is 1350. The molecular formula is C22H21ClN8O. The summed E-state index contributed by atoms with van der Waals surface area (Å²) in [6, 6.07) is 11.1. The molecule has 10 heteroatoms. The van der Waals surface area contributed by atoms with E-state index in [0.29, 0.717) is 22.3 Å². The van der Waals surface area contributed by atoms with E-state index in [2.05, 4.69) is 20.3 Å². The summed E-state index contributed by atoms with van der Waals surface area (Å²) in [7, 11) is 0. The van der Waals surface area contributed by atoms with Gasteiger partial charge in [0, 0.05) is 11.1 Å². The van der Waals surface area contributed by atoms with Crippen molar-refractivity contribution in [3.63, 3.8) is 0 Å². The summed E-state index contributed by atoms with van der Waals surface area (Å²) in [6.45, 7) is 5.37. The molecule has 0 amide bonds. The summed E-state index contributed by atoms with van der Waals surface area (Å²) in [4.78, 5) is 12.4. The fraction of sp³-hybridized carbons (Fsp3) is 0.227. The summed E-state index contributed by atoms with van der Waals surface area (Å²) in [5, 5.41) is 28.3. The van der Waals surface area contributed by atoms with Crippen LogP contribution >= 0.6 is 11.6 Å². The molecule has 32 heavy (non-hydrogen) atoms. The molecule has 162 valence electrons. The highest BCUT2D eigenvalue weighted by molar-refractivity contribution is 6.29. The summed E-state index contributed by atoms with van der Waals surface area (Å²) < 4.78 is 1.55. The van der Waals surface area contributed by atoms with E-state index in [0.717, 1.165) is 16.7 Å². The third-order valence-electron chi connectivity index (χ3n) is 5.13. The summed E-state index contributed by atoms with van der Waals surface area (Å²) in [6.07, 6.45) is 2.83. The molecule has 0 radical (unpaired) electrons. The van der Waals surface area contributed by atoms with Crippen molar-refractivity contribution in [2.24, 2.45) is 0 Å². The molecule has 0 aliphatic rings. The highest BCUT2D eigenvalue weighted by Crippen LogP contribution is 2.33. The Morgan fingerprint density at radius 3 is 2.75 bits per heavy atom. The summed E-state index contributed by atoms with van der Waals surface area (Å²) in [5.41, 5.74) is 8.53. The van der Waals surface area contributed by atoms with Crippen molar-refractivity contribution in [3.05, 3.63) is 64.7 Å². The van der Waals surface area contributed by atoms with Gasteiger partial charge in [-0.25, -0.2) is 19.5 Å². The van der Waals surface area contributed by atoms with Gasteiger partial charge in [0.2, 0.25) is 0 Å². The van der Waals surface area contributed by atoms with Crippen LogP contribution in [0.2, 0.25) is 5.15 Å². The number of imidazole rings is 1. The molecule has 4 aromatic rings. The molecule has 1 atom stereocenters. The average Bonchev–Trinajstić information content (AvgIpc) is 3.12. The van der Waals surface area contributed by atoms with Gasteiger partial charge in [-0.05, 0) is 38.5 Å². The van der Waals surface area contributed by atoms with E-state index in [1.54, 1.807) is 18.4 Å². The van der Waals surface area contributed by atoms with Gasteiger partial charge in [0.1, 0.15) is 29.6 Å². The third-order valence-corrected chi connectivity index (χ3v) is 5.39. The minimum absolute atomic E-state index is 0.101. The average molecular weight is 449 g/mol. The molecule has 3 heterocycles.